The Morgan fingerprint density at radius 2 is 1.77 bits per heavy atom. The van der Waals surface area contributed by atoms with Gasteiger partial charge < -0.3 is 25.8 Å². The second-order valence-corrected chi connectivity index (χ2v) is 5.40. The van der Waals surface area contributed by atoms with E-state index in [-0.39, 0.29) is 0 Å². The number of hydrogen-bond acceptors (Lipinski definition) is 7. The zero-order valence-corrected chi connectivity index (χ0v) is 14.7. The van der Waals surface area contributed by atoms with E-state index in [9.17, 15) is 0 Å². The zero-order chi connectivity index (χ0) is 18.4. The maximum Gasteiger partial charge on any atom is 0.159 e. The van der Waals surface area contributed by atoms with Crippen LogP contribution in [0.5, 0.6) is 11.5 Å². The standard InChI is InChI=1S/C19H21N5O2/c1-3-26-16-10-5-4-9-15(16)24-19-17(20)18(21-12-22-19)23-13-7-6-8-14(11-13)25-2/h4-12H,3,20H2,1-2H3,(H2,21,22,23,24). The summed E-state index contributed by atoms with van der Waals surface area (Å²) in [6, 6.07) is 15.1. The van der Waals surface area contributed by atoms with Gasteiger partial charge in [-0.2, -0.15) is 0 Å². The van der Waals surface area contributed by atoms with Crippen LogP contribution in [0.4, 0.5) is 28.7 Å². The lowest BCUT2D eigenvalue weighted by Crippen LogP contribution is -2.06. The van der Waals surface area contributed by atoms with E-state index in [0.717, 1.165) is 22.9 Å². The average molecular weight is 351 g/mol. The third kappa shape index (κ3) is 3.94. The van der Waals surface area contributed by atoms with Crippen molar-refractivity contribution in [1.29, 1.82) is 0 Å². The maximum absolute atomic E-state index is 6.25. The van der Waals surface area contributed by atoms with E-state index in [1.165, 1.54) is 6.33 Å². The molecule has 0 bridgehead atoms. The molecule has 0 fully saturated rings. The molecule has 0 radical (unpaired) electrons. The smallest absolute Gasteiger partial charge is 0.159 e. The number of anilines is 5. The SMILES string of the molecule is CCOc1ccccc1Nc1ncnc(Nc2cccc(OC)c2)c1N. The van der Waals surface area contributed by atoms with Crippen molar-refractivity contribution in [3.63, 3.8) is 0 Å². The predicted molar refractivity (Wildman–Crippen MR) is 104 cm³/mol. The van der Waals surface area contributed by atoms with E-state index in [1.54, 1.807) is 7.11 Å². The Labute approximate surface area is 152 Å². The molecule has 1 aromatic heterocycles. The number of nitrogens with zero attached hydrogens (tertiary/aromatic N) is 2. The average Bonchev–Trinajstić information content (AvgIpc) is 2.67. The van der Waals surface area contributed by atoms with Crippen molar-refractivity contribution in [3.05, 3.63) is 54.9 Å². The summed E-state index contributed by atoms with van der Waals surface area (Å²) in [6.45, 7) is 2.51. The molecule has 0 atom stereocenters. The van der Waals surface area contributed by atoms with Gasteiger partial charge in [-0.25, -0.2) is 9.97 Å². The Morgan fingerprint density at radius 1 is 1.00 bits per heavy atom. The van der Waals surface area contributed by atoms with E-state index >= 15 is 0 Å². The Morgan fingerprint density at radius 3 is 2.54 bits per heavy atom. The number of rotatable bonds is 7. The van der Waals surface area contributed by atoms with Crippen LogP contribution in [0.2, 0.25) is 0 Å². The van der Waals surface area contributed by atoms with Crippen molar-refractivity contribution in [1.82, 2.24) is 9.97 Å². The number of para-hydroxylation sites is 2. The molecule has 0 aliphatic heterocycles. The highest BCUT2D eigenvalue weighted by molar-refractivity contribution is 5.81. The summed E-state index contributed by atoms with van der Waals surface area (Å²) >= 11 is 0. The monoisotopic (exact) mass is 351 g/mol. The lowest BCUT2D eigenvalue weighted by molar-refractivity contribution is 0.342. The summed E-state index contributed by atoms with van der Waals surface area (Å²) in [5.74, 6) is 2.48. The Hall–Kier alpha value is -3.48. The fourth-order valence-corrected chi connectivity index (χ4v) is 2.41. The van der Waals surface area contributed by atoms with E-state index < -0.39 is 0 Å². The number of methoxy groups -OCH3 is 1. The Balaban J connectivity index is 1.85. The van der Waals surface area contributed by atoms with Crippen LogP contribution in [0.25, 0.3) is 0 Å². The van der Waals surface area contributed by atoms with Crippen molar-refractivity contribution < 1.29 is 9.47 Å². The molecule has 0 aliphatic carbocycles. The summed E-state index contributed by atoms with van der Waals surface area (Å²) < 4.78 is 10.9. The number of nitrogens with one attached hydrogen (secondary N) is 2. The van der Waals surface area contributed by atoms with Crippen LogP contribution in [0.1, 0.15) is 6.92 Å². The molecule has 4 N–H and O–H groups in total. The van der Waals surface area contributed by atoms with E-state index in [0.29, 0.717) is 23.9 Å². The minimum Gasteiger partial charge on any atom is -0.497 e. The molecule has 0 spiro atoms. The van der Waals surface area contributed by atoms with Crippen molar-refractivity contribution >= 4 is 28.7 Å². The second kappa shape index (κ2) is 8.06. The van der Waals surface area contributed by atoms with Gasteiger partial charge in [0.25, 0.3) is 0 Å². The topological polar surface area (TPSA) is 94.3 Å². The molecule has 0 aliphatic rings. The Bertz CT molecular complexity index is 885. The summed E-state index contributed by atoms with van der Waals surface area (Å²) in [5.41, 5.74) is 8.26. The van der Waals surface area contributed by atoms with Gasteiger partial charge in [0.15, 0.2) is 11.6 Å². The molecule has 134 valence electrons. The van der Waals surface area contributed by atoms with Gasteiger partial charge in [-0.05, 0) is 31.2 Å². The summed E-state index contributed by atoms with van der Waals surface area (Å²) in [4.78, 5) is 8.47. The second-order valence-electron chi connectivity index (χ2n) is 5.40. The van der Waals surface area contributed by atoms with Gasteiger partial charge in [-0.3, -0.25) is 0 Å². The first-order valence-corrected chi connectivity index (χ1v) is 8.21. The number of nitrogen functional groups attached to an aromatic ring is 1. The van der Waals surface area contributed by atoms with Crippen molar-refractivity contribution in [3.8, 4) is 11.5 Å². The molecule has 1 heterocycles. The molecule has 3 aromatic rings. The fraction of sp³-hybridized carbons (Fsp3) is 0.158. The van der Waals surface area contributed by atoms with Gasteiger partial charge in [0.05, 0.1) is 19.4 Å². The zero-order valence-electron chi connectivity index (χ0n) is 14.7. The number of hydrogen-bond donors (Lipinski definition) is 3. The van der Waals surface area contributed by atoms with Crippen LogP contribution in [-0.4, -0.2) is 23.7 Å². The van der Waals surface area contributed by atoms with Crippen molar-refractivity contribution in [2.75, 3.05) is 30.1 Å². The van der Waals surface area contributed by atoms with E-state index in [2.05, 4.69) is 20.6 Å². The first-order chi connectivity index (χ1) is 12.7. The van der Waals surface area contributed by atoms with Gasteiger partial charge >= 0.3 is 0 Å². The summed E-state index contributed by atoms with van der Waals surface area (Å²) in [7, 11) is 1.62. The normalized spacial score (nSPS) is 10.2. The van der Waals surface area contributed by atoms with Crippen molar-refractivity contribution in [2.45, 2.75) is 6.92 Å². The fourth-order valence-electron chi connectivity index (χ4n) is 2.41. The molecule has 3 rings (SSSR count). The number of aromatic nitrogens is 2. The number of benzene rings is 2. The van der Waals surface area contributed by atoms with Gasteiger partial charge in [0.1, 0.15) is 23.5 Å². The molecule has 2 aromatic carbocycles. The highest BCUT2D eigenvalue weighted by atomic mass is 16.5. The van der Waals surface area contributed by atoms with Crippen LogP contribution in [-0.2, 0) is 0 Å². The molecular formula is C19H21N5O2. The van der Waals surface area contributed by atoms with E-state index in [1.807, 2.05) is 55.5 Å². The highest BCUT2D eigenvalue weighted by Gasteiger charge is 2.11. The quantitative estimate of drug-likeness (QED) is 0.593. The molecule has 0 saturated heterocycles. The number of nitrogens with two attached hydrogens (primary N) is 1. The minimum atomic E-state index is 0.404. The molecule has 7 heteroatoms. The molecule has 0 unspecified atom stereocenters. The van der Waals surface area contributed by atoms with Gasteiger partial charge in [-0.1, -0.05) is 18.2 Å². The van der Waals surface area contributed by atoms with Gasteiger partial charge in [-0.15, -0.1) is 0 Å². The third-order valence-corrected chi connectivity index (χ3v) is 3.66. The van der Waals surface area contributed by atoms with E-state index in [4.69, 9.17) is 15.2 Å². The summed E-state index contributed by atoms with van der Waals surface area (Å²) in [6.07, 6.45) is 1.45. The van der Waals surface area contributed by atoms with Crippen LogP contribution in [0.3, 0.4) is 0 Å². The van der Waals surface area contributed by atoms with Crippen LogP contribution >= 0.6 is 0 Å². The van der Waals surface area contributed by atoms with Crippen LogP contribution in [0.15, 0.2) is 54.9 Å². The minimum absolute atomic E-state index is 0.404. The highest BCUT2D eigenvalue weighted by Crippen LogP contribution is 2.32. The van der Waals surface area contributed by atoms with Gasteiger partial charge in [0.2, 0.25) is 0 Å². The maximum atomic E-state index is 6.25. The molecular weight excluding hydrogens is 330 g/mol. The first kappa shape index (κ1) is 17.3. The van der Waals surface area contributed by atoms with Gasteiger partial charge in [0, 0.05) is 11.8 Å². The third-order valence-electron chi connectivity index (χ3n) is 3.66. The van der Waals surface area contributed by atoms with Crippen LogP contribution in [0, 0.1) is 0 Å². The largest absolute Gasteiger partial charge is 0.497 e. The molecule has 7 nitrogen and oxygen atoms in total. The lowest BCUT2D eigenvalue weighted by Gasteiger charge is -2.15. The van der Waals surface area contributed by atoms with Crippen LogP contribution < -0.4 is 25.8 Å². The van der Waals surface area contributed by atoms with Crippen molar-refractivity contribution in [2.24, 2.45) is 0 Å². The Kier molecular flexibility index (Phi) is 5.38. The molecule has 0 amide bonds. The summed E-state index contributed by atoms with van der Waals surface area (Å²) in [5, 5.41) is 6.39. The lowest BCUT2D eigenvalue weighted by atomic mass is 10.2. The number of ether oxygens (including phenoxy) is 2. The molecule has 0 saturated carbocycles. The first-order valence-electron chi connectivity index (χ1n) is 8.21. The predicted octanol–water partition coefficient (Wildman–Crippen LogP) is 3.95. The molecule has 26 heavy (non-hydrogen) atoms.